The molecule has 0 aliphatic rings. The normalized spacial score (nSPS) is 10.9. The monoisotopic (exact) mass is 295 g/mol. The average molecular weight is 295 g/mol. The number of carbonyl (C=O) groups excluding carboxylic acids is 1. The topological polar surface area (TPSA) is 78.6 Å². The van der Waals surface area contributed by atoms with Gasteiger partial charge in [-0.1, -0.05) is 6.92 Å². The number of carbonyl (C=O) groups is 1. The van der Waals surface area contributed by atoms with Crippen LogP contribution in [0, 0.1) is 0 Å². The van der Waals surface area contributed by atoms with Gasteiger partial charge in [-0.25, -0.2) is 4.98 Å². The van der Waals surface area contributed by atoms with E-state index >= 15 is 0 Å². The molecule has 0 bridgehead atoms. The summed E-state index contributed by atoms with van der Waals surface area (Å²) in [5, 5.41) is 14.0. The van der Waals surface area contributed by atoms with Crippen molar-refractivity contribution in [2.75, 3.05) is 31.6 Å². The molecule has 2 aromatic rings. The summed E-state index contributed by atoms with van der Waals surface area (Å²) in [4.78, 5) is 18.0. The van der Waals surface area contributed by atoms with Crippen LogP contribution >= 0.6 is 11.3 Å². The Hall–Kier alpha value is -1.70. The Kier molecular flexibility index (Phi) is 5.28. The molecular formula is C13H17N3O3S. The van der Waals surface area contributed by atoms with E-state index in [1.165, 1.54) is 11.3 Å². The van der Waals surface area contributed by atoms with Crippen molar-refractivity contribution in [3.05, 3.63) is 23.8 Å². The molecule has 2 rings (SSSR count). The molecule has 0 unspecified atom stereocenters. The predicted molar refractivity (Wildman–Crippen MR) is 77.6 cm³/mol. The lowest BCUT2D eigenvalue weighted by molar-refractivity contribution is -0.117. The maximum atomic E-state index is 11.9. The van der Waals surface area contributed by atoms with Gasteiger partial charge in [-0.3, -0.25) is 9.69 Å². The average Bonchev–Trinajstić information content (AvgIpc) is 3.08. The first-order chi connectivity index (χ1) is 9.72. The number of nitrogens with one attached hydrogen (secondary N) is 1. The van der Waals surface area contributed by atoms with Gasteiger partial charge in [0.2, 0.25) is 5.91 Å². The predicted octanol–water partition coefficient (Wildman–Crippen LogP) is 1.66. The number of thiazole rings is 1. The Morgan fingerprint density at radius 1 is 1.60 bits per heavy atom. The number of nitrogens with zero attached hydrogens (tertiary/aromatic N) is 2. The number of hydrogen-bond donors (Lipinski definition) is 2. The summed E-state index contributed by atoms with van der Waals surface area (Å²) in [7, 11) is 0. The van der Waals surface area contributed by atoms with E-state index in [-0.39, 0.29) is 19.1 Å². The van der Waals surface area contributed by atoms with Gasteiger partial charge in [-0.2, -0.15) is 0 Å². The Morgan fingerprint density at radius 2 is 2.45 bits per heavy atom. The molecule has 0 radical (unpaired) electrons. The van der Waals surface area contributed by atoms with Crippen LogP contribution in [0.25, 0.3) is 11.5 Å². The molecule has 1 amide bonds. The van der Waals surface area contributed by atoms with Gasteiger partial charge >= 0.3 is 0 Å². The third-order valence-corrected chi connectivity index (χ3v) is 3.51. The summed E-state index contributed by atoms with van der Waals surface area (Å²) in [6.07, 6.45) is 1.58. The van der Waals surface area contributed by atoms with Crippen LogP contribution in [-0.4, -0.2) is 47.1 Å². The molecule has 108 valence electrons. The summed E-state index contributed by atoms with van der Waals surface area (Å²) < 4.78 is 5.25. The van der Waals surface area contributed by atoms with Crippen LogP contribution in [-0.2, 0) is 4.79 Å². The molecular weight excluding hydrogens is 278 g/mol. The quantitative estimate of drug-likeness (QED) is 0.812. The van der Waals surface area contributed by atoms with Crippen LogP contribution in [0.2, 0.25) is 0 Å². The number of aliphatic hydroxyl groups excluding tert-OH is 1. The van der Waals surface area contributed by atoms with Crippen molar-refractivity contribution >= 4 is 22.4 Å². The van der Waals surface area contributed by atoms with E-state index in [1.54, 1.807) is 12.3 Å². The maximum Gasteiger partial charge on any atom is 0.240 e. The first-order valence-electron chi connectivity index (χ1n) is 6.35. The zero-order valence-corrected chi connectivity index (χ0v) is 12.0. The molecule has 7 heteroatoms. The molecule has 6 nitrogen and oxygen atoms in total. The minimum absolute atomic E-state index is 0.0427. The molecule has 0 saturated carbocycles. The first kappa shape index (κ1) is 14.7. The van der Waals surface area contributed by atoms with Crippen LogP contribution in [0.15, 0.2) is 28.2 Å². The minimum atomic E-state index is -0.138. The minimum Gasteiger partial charge on any atom is -0.463 e. The van der Waals surface area contributed by atoms with Crippen LogP contribution in [0.1, 0.15) is 6.92 Å². The Labute approximate surface area is 121 Å². The molecule has 0 aliphatic carbocycles. The first-order valence-corrected chi connectivity index (χ1v) is 7.23. The number of aromatic nitrogens is 1. The van der Waals surface area contributed by atoms with Crippen molar-refractivity contribution in [2.45, 2.75) is 6.92 Å². The van der Waals surface area contributed by atoms with Crippen molar-refractivity contribution in [1.82, 2.24) is 9.88 Å². The number of likely N-dealkylation sites (N-methyl/N-ethyl adjacent to an activating group) is 1. The number of rotatable bonds is 7. The molecule has 0 aliphatic heterocycles. The number of anilines is 1. The SMILES string of the molecule is CCN(CCO)CC(=O)Nc1nc(-c2ccco2)cs1. The van der Waals surface area contributed by atoms with Gasteiger partial charge in [0.25, 0.3) is 0 Å². The van der Waals surface area contributed by atoms with Gasteiger partial charge in [-0.15, -0.1) is 11.3 Å². The highest BCUT2D eigenvalue weighted by Crippen LogP contribution is 2.24. The van der Waals surface area contributed by atoms with E-state index in [1.807, 2.05) is 23.3 Å². The molecule has 20 heavy (non-hydrogen) atoms. The Morgan fingerprint density at radius 3 is 3.10 bits per heavy atom. The summed E-state index contributed by atoms with van der Waals surface area (Å²) >= 11 is 1.35. The van der Waals surface area contributed by atoms with Gasteiger partial charge in [0.05, 0.1) is 19.4 Å². The fourth-order valence-corrected chi connectivity index (χ4v) is 2.44. The second-order valence-electron chi connectivity index (χ2n) is 4.16. The van der Waals surface area contributed by atoms with Gasteiger partial charge in [0.1, 0.15) is 5.69 Å². The summed E-state index contributed by atoms with van der Waals surface area (Å²) in [6, 6.07) is 3.61. The highest BCUT2D eigenvalue weighted by molar-refractivity contribution is 7.14. The third-order valence-electron chi connectivity index (χ3n) is 2.75. The zero-order valence-electron chi connectivity index (χ0n) is 11.2. The number of hydrogen-bond acceptors (Lipinski definition) is 6. The van der Waals surface area contributed by atoms with E-state index in [0.717, 1.165) is 0 Å². The zero-order chi connectivity index (χ0) is 14.4. The van der Waals surface area contributed by atoms with E-state index in [2.05, 4.69) is 10.3 Å². The van der Waals surface area contributed by atoms with Crippen molar-refractivity contribution < 1.29 is 14.3 Å². The van der Waals surface area contributed by atoms with Crippen molar-refractivity contribution in [1.29, 1.82) is 0 Å². The highest BCUT2D eigenvalue weighted by Gasteiger charge is 2.12. The van der Waals surface area contributed by atoms with Crippen LogP contribution < -0.4 is 5.32 Å². The lowest BCUT2D eigenvalue weighted by atomic mass is 10.4. The van der Waals surface area contributed by atoms with E-state index < -0.39 is 0 Å². The van der Waals surface area contributed by atoms with Crippen LogP contribution in [0.3, 0.4) is 0 Å². The Balaban J connectivity index is 1.91. The van der Waals surface area contributed by atoms with Gasteiger partial charge in [0.15, 0.2) is 10.9 Å². The van der Waals surface area contributed by atoms with Crippen molar-refractivity contribution in [2.24, 2.45) is 0 Å². The molecule has 0 fully saturated rings. The van der Waals surface area contributed by atoms with Gasteiger partial charge in [-0.05, 0) is 18.7 Å². The van der Waals surface area contributed by atoms with Crippen LogP contribution in [0.4, 0.5) is 5.13 Å². The highest BCUT2D eigenvalue weighted by atomic mass is 32.1. The lowest BCUT2D eigenvalue weighted by Crippen LogP contribution is -2.35. The smallest absolute Gasteiger partial charge is 0.240 e. The van der Waals surface area contributed by atoms with E-state index in [9.17, 15) is 4.79 Å². The van der Waals surface area contributed by atoms with Gasteiger partial charge < -0.3 is 14.8 Å². The Bertz CT molecular complexity index is 539. The maximum absolute atomic E-state index is 11.9. The van der Waals surface area contributed by atoms with Crippen molar-refractivity contribution in [3.8, 4) is 11.5 Å². The largest absolute Gasteiger partial charge is 0.463 e. The molecule has 0 atom stereocenters. The summed E-state index contributed by atoms with van der Waals surface area (Å²) in [5.41, 5.74) is 0.706. The number of aliphatic hydroxyl groups is 1. The van der Waals surface area contributed by atoms with E-state index in [4.69, 9.17) is 9.52 Å². The molecule has 0 aromatic carbocycles. The van der Waals surface area contributed by atoms with Crippen molar-refractivity contribution in [3.63, 3.8) is 0 Å². The second-order valence-corrected chi connectivity index (χ2v) is 5.01. The molecule has 0 saturated heterocycles. The number of amides is 1. The lowest BCUT2D eigenvalue weighted by Gasteiger charge is -2.17. The van der Waals surface area contributed by atoms with Gasteiger partial charge in [0, 0.05) is 11.9 Å². The van der Waals surface area contributed by atoms with E-state index in [0.29, 0.717) is 29.7 Å². The number of furan rings is 1. The molecule has 2 heterocycles. The molecule has 2 N–H and O–H groups in total. The summed E-state index contributed by atoms with van der Waals surface area (Å²) in [5.74, 6) is 0.540. The second kappa shape index (κ2) is 7.18. The standard InChI is InChI=1S/C13H17N3O3S/c1-2-16(5-6-17)8-12(18)15-13-14-10(9-20-13)11-4-3-7-19-11/h3-4,7,9,17H,2,5-6,8H2,1H3,(H,14,15,18). The van der Waals surface area contributed by atoms with Crippen LogP contribution in [0.5, 0.6) is 0 Å². The fraction of sp³-hybridized carbons (Fsp3) is 0.385. The third kappa shape index (κ3) is 3.89. The fourth-order valence-electron chi connectivity index (χ4n) is 1.72. The summed E-state index contributed by atoms with van der Waals surface area (Å²) in [6.45, 7) is 3.43. The molecule has 0 spiro atoms. The molecule has 2 aromatic heterocycles.